The number of halogens is 1. The number of benzene rings is 1. The van der Waals surface area contributed by atoms with Crippen LogP contribution in [0, 0.1) is 11.7 Å². The summed E-state index contributed by atoms with van der Waals surface area (Å²) < 4.78 is 18.8. The summed E-state index contributed by atoms with van der Waals surface area (Å²) in [5.41, 5.74) is -0.0561. The van der Waals surface area contributed by atoms with Gasteiger partial charge in [-0.2, -0.15) is 0 Å². The number of phenolic OH excluding ortho intramolecular Hbond substituents is 1. The van der Waals surface area contributed by atoms with Crippen LogP contribution < -0.4 is 5.32 Å². The number of amides is 1. The third-order valence-corrected chi connectivity index (χ3v) is 3.26. The van der Waals surface area contributed by atoms with Gasteiger partial charge in [-0.25, -0.2) is 4.39 Å². The number of hydrogen-bond donors (Lipinski definition) is 2. The van der Waals surface area contributed by atoms with Gasteiger partial charge in [0.15, 0.2) is 0 Å². The molecule has 0 bridgehead atoms. The summed E-state index contributed by atoms with van der Waals surface area (Å²) in [7, 11) is 0. The molecule has 1 heterocycles. The molecule has 1 saturated heterocycles. The van der Waals surface area contributed by atoms with Crippen molar-refractivity contribution >= 4 is 5.91 Å². The summed E-state index contributed by atoms with van der Waals surface area (Å²) in [6.07, 6.45) is 1.02. The van der Waals surface area contributed by atoms with Crippen LogP contribution in [0.3, 0.4) is 0 Å². The van der Waals surface area contributed by atoms with Crippen LogP contribution in [0.15, 0.2) is 18.2 Å². The molecule has 0 spiro atoms. The molecule has 18 heavy (non-hydrogen) atoms. The Morgan fingerprint density at radius 3 is 3.00 bits per heavy atom. The van der Waals surface area contributed by atoms with Gasteiger partial charge < -0.3 is 15.2 Å². The summed E-state index contributed by atoms with van der Waals surface area (Å²) in [4.78, 5) is 11.8. The summed E-state index contributed by atoms with van der Waals surface area (Å²) in [6.45, 7) is 3.14. The number of phenols is 1. The van der Waals surface area contributed by atoms with E-state index in [1.54, 1.807) is 0 Å². The van der Waals surface area contributed by atoms with Crippen LogP contribution >= 0.6 is 0 Å². The Kier molecular flexibility index (Phi) is 3.81. The lowest BCUT2D eigenvalue weighted by Gasteiger charge is -2.14. The quantitative estimate of drug-likeness (QED) is 0.861. The van der Waals surface area contributed by atoms with Crippen LogP contribution in [-0.2, 0) is 4.74 Å². The molecular formula is C13H16FNO3. The molecule has 1 aliphatic heterocycles. The van der Waals surface area contributed by atoms with Crippen molar-refractivity contribution in [1.29, 1.82) is 0 Å². The average molecular weight is 253 g/mol. The zero-order valence-electron chi connectivity index (χ0n) is 10.1. The van der Waals surface area contributed by atoms with Crippen LogP contribution in [0.2, 0.25) is 0 Å². The number of hydrogen-bond acceptors (Lipinski definition) is 3. The lowest BCUT2D eigenvalue weighted by Crippen LogP contribution is -2.32. The van der Waals surface area contributed by atoms with Gasteiger partial charge in [-0.1, -0.05) is 0 Å². The Hall–Kier alpha value is -1.62. The van der Waals surface area contributed by atoms with E-state index in [-0.39, 0.29) is 23.3 Å². The summed E-state index contributed by atoms with van der Waals surface area (Å²) in [5.74, 6) is -1.11. The van der Waals surface area contributed by atoms with Crippen LogP contribution in [0.5, 0.6) is 5.75 Å². The van der Waals surface area contributed by atoms with Crippen molar-refractivity contribution in [2.24, 2.45) is 5.92 Å². The minimum Gasteiger partial charge on any atom is -0.508 e. The molecule has 2 N–H and O–H groups in total. The van der Waals surface area contributed by atoms with Crippen molar-refractivity contribution in [3.05, 3.63) is 29.6 Å². The van der Waals surface area contributed by atoms with Gasteiger partial charge in [-0.3, -0.25) is 4.79 Å². The second kappa shape index (κ2) is 5.35. The van der Waals surface area contributed by atoms with E-state index in [0.29, 0.717) is 13.2 Å². The number of aromatic hydroxyl groups is 1. The predicted molar refractivity (Wildman–Crippen MR) is 63.9 cm³/mol. The standard InChI is InChI=1S/C13H16FNO3/c1-8-9(4-5-18-8)7-15-13(17)11-3-2-10(16)6-12(11)14/h2-3,6,8-9,16H,4-5,7H2,1H3,(H,15,17). The van der Waals surface area contributed by atoms with Crippen molar-refractivity contribution in [1.82, 2.24) is 5.32 Å². The van der Waals surface area contributed by atoms with E-state index in [2.05, 4.69) is 5.32 Å². The van der Waals surface area contributed by atoms with Gasteiger partial charge in [0.25, 0.3) is 5.91 Å². The van der Waals surface area contributed by atoms with Crippen molar-refractivity contribution in [2.75, 3.05) is 13.2 Å². The highest BCUT2D eigenvalue weighted by atomic mass is 19.1. The van der Waals surface area contributed by atoms with Crippen LogP contribution in [0.4, 0.5) is 4.39 Å². The molecule has 0 saturated carbocycles. The van der Waals surface area contributed by atoms with Crippen LogP contribution in [0.1, 0.15) is 23.7 Å². The number of nitrogens with one attached hydrogen (secondary N) is 1. The largest absolute Gasteiger partial charge is 0.508 e. The number of rotatable bonds is 3. The van der Waals surface area contributed by atoms with Gasteiger partial charge in [-0.05, 0) is 25.5 Å². The second-order valence-corrected chi connectivity index (χ2v) is 4.50. The highest BCUT2D eigenvalue weighted by Crippen LogP contribution is 2.20. The average Bonchev–Trinajstić information content (AvgIpc) is 2.72. The summed E-state index contributed by atoms with van der Waals surface area (Å²) >= 11 is 0. The number of carbonyl (C=O) groups excluding carboxylic acids is 1. The van der Waals surface area contributed by atoms with Gasteiger partial charge in [0.05, 0.1) is 11.7 Å². The Balaban J connectivity index is 1.95. The Morgan fingerprint density at radius 2 is 2.39 bits per heavy atom. The van der Waals surface area contributed by atoms with E-state index in [9.17, 15) is 9.18 Å². The Labute approximate surface area is 105 Å². The van der Waals surface area contributed by atoms with Gasteiger partial charge >= 0.3 is 0 Å². The minimum atomic E-state index is -0.719. The fraction of sp³-hybridized carbons (Fsp3) is 0.462. The molecule has 2 rings (SSSR count). The molecule has 2 atom stereocenters. The Bertz CT molecular complexity index is 450. The van der Waals surface area contributed by atoms with Gasteiger partial charge in [0.2, 0.25) is 0 Å². The predicted octanol–water partition coefficient (Wildman–Crippen LogP) is 1.69. The van der Waals surface area contributed by atoms with Crippen molar-refractivity contribution in [2.45, 2.75) is 19.4 Å². The maximum Gasteiger partial charge on any atom is 0.254 e. The van der Waals surface area contributed by atoms with E-state index >= 15 is 0 Å². The van der Waals surface area contributed by atoms with Crippen LogP contribution in [0.25, 0.3) is 0 Å². The fourth-order valence-electron chi connectivity index (χ4n) is 2.05. The highest BCUT2D eigenvalue weighted by molar-refractivity contribution is 5.94. The Morgan fingerprint density at radius 1 is 1.61 bits per heavy atom. The van der Waals surface area contributed by atoms with E-state index in [4.69, 9.17) is 9.84 Å². The van der Waals surface area contributed by atoms with Gasteiger partial charge in [0, 0.05) is 25.1 Å². The molecule has 1 aromatic carbocycles. The first-order valence-corrected chi connectivity index (χ1v) is 5.96. The topological polar surface area (TPSA) is 58.6 Å². The van der Waals surface area contributed by atoms with Crippen LogP contribution in [-0.4, -0.2) is 30.3 Å². The van der Waals surface area contributed by atoms with Gasteiger partial charge in [-0.15, -0.1) is 0 Å². The molecule has 0 aliphatic carbocycles. The number of carbonyl (C=O) groups is 1. The summed E-state index contributed by atoms with van der Waals surface area (Å²) in [5, 5.41) is 11.8. The zero-order valence-corrected chi connectivity index (χ0v) is 10.1. The SMILES string of the molecule is CC1OCCC1CNC(=O)c1ccc(O)cc1F. The first-order chi connectivity index (χ1) is 8.58. The van der Waals surface area contributed by atoms with Crippen molar-refractivity contribution in [3.8, 4) is 5.75 Å². The summed E-state index contributed by atoms with van der Waals surface area (Å²) in [6, 6.07) is 3.49. The third-order valence-electron chi connectivity index (χ3n) is 3.26. The highest BCUT2D eigenvalue weighted by Gasteiger charge is 2.24. The monoisotopic (exact) mass is 253 g/mol. The maximum absolute atomic E-state index is 13.4. The maximum atomic E-state index is 13.4. The van der Waals surface area contributed by atoms with E-state index in [0.717, 1.165) is 12.5 Å². The lowest BCUT2D eigenvalue weighted by atomic mass is 10.0. The smallest absolute Gasteiger partial charge is 0.254 e. The van der Waals surface area contributed by atoms with Gasteiger partial charge in [0.1, 0.15) is 11.6 Å². The molecule has 2 unspecified atom stereocenters. The third kappa shape index (κ3) is 2.79. The second-order valence-electron chi connectivity index (χ2n) is 4.50. The first-order valence-electron chi connectivity index (χ1n) is 5.96. The first kappa shape index (κ1) is 12.8. The molecule has 0 aromatic heterocycles. The zero-order chi connectivity index (χ0) is 13.1. The van der Waals surface area contributed by atoms with Crippen molar-refractivity contribution < 1.29 is 19.0 Å². The molecular weight excluding hydrogens is 237 g/mol. The normalized spacial score (nSPS) is 23.0. The molecule has 4 nitrogen and oxygen atoms in total. The van der Waals surface area contributed by atoms with E-state index < -0.39 is 11.7 Å². The fourth-order valence-corrected chi connectivity index (χ4v) is 2.05. The lowest BCUT2D eigenvalue weighted by molar-refractivity contribution is 0.0904. The molecule has 1 amide bonds. The molecule has 98 valence electrons. The molecule has 1 aromatic rings. The van der Waals surface area contributed by atoms with Crippen molar-refractivity contribution in [3.63, 3.8) is 0 Å². The van der Waals surface area contributed by atoms with E-state index in [1.807, 2.05) is 6.92 Å². The minimum absolute atomic E-state index is 0.0561. The molecule has 0 radical (unpaired) electrons. The molecule has 1 aliphatic rings. The molecule has 5 heteroatoms. The molecule has 1 fully saturated rings. The van der Waals surface area contributed by atoms with E-state index in [1.165, 1.54) is 12.1 Å². The number of ether oxygens (including phenoxy) is 1.